The Kier molecular flexibility index (Phi) is 2.97. The second-order valence-corrected chi connectivity index (χ2v) is 8.65. The number of nitrogens with zero attached hydrogens (tertiary/aromatic N) is 1. The molecule has 7 heteroatoms. The van der Waals surface area contributed by atoms with E-state index < -0.39 is 23.3 Å². The van der Waals surface area contributed by atoms with E-state index >= 15 is 0 Å². The van der Waals surface area contributed by atoms with Crippen molar-refractivity contribution >= 4 is 11.5 Å². The molecule has 0 aromatic carbocycles. The Labute approximate surface area is 94.5 Å². The number of pyridine rings is 1. The first-order valence-electron chi connectivity index (χ1n) is 3.98. The molecule has 0 saturated heterocycles. The van der Waals surface area contributed by atoms with Crippen LogP contribution in [0.25, 0.3) is 5.69 Å². The van der Waals surface area contributed by atoms with Crippen molar-refractivity contribution in [1.82, 2.24) is 5.27 Å². The summed E-state index contributed by atoms with van der Waals surface area (Å²) in [4.78, 5) is 14.1. The summed E-state index contributed by atoms with van der Waals surface area (Å²) in [5.74, 6) is 0. The number of aromatic nitrogens is 3. The van der Waals surface area contributed by atoms with Gasteiger partial charge in [0.25, 0.3) is 0 Å². The van der Waals surface area contributed by atoms with Crippen molar-refractivity contribution in [3.63, 3.8) is 0 Å². The summed E-state index contributed by atoms with van der Waals surface area (Å²) in [6, 6.07) is 3.69. The number of aromatic amines is 2. The average molecular weight is 400 g/mol. The quantitative estimate of drug-likeness (QED) is 0.515. The first-order valence-corrected chi connectivity index (χ1v) is 13.5. The molecule has 0 saturated carbocycles. The van der Waals surface area contributed by atoms with Gasteiger partial charge in [-0.3, -0.25) is 0 Å². The van der Waals surface area contributed by atoms with E-state index in [0.717, 1.165) is 5.69 Å². The fourth-order valence-electron chi connectivity index (χ4n) is 1.14. The summed E-state index contributed by atoms with van der Waals surface area (Å²) in [6.45, 7) is 0. The van der Waals surface area contributed by atoms with Crippen LogP contribution in [0, 0.1) is 0 Å². The van der Waals surface area contributed by atoms with Gasteiger partial charge in [0.15, 0.2) is 0 Å². The number of hydrogen-bond acceptors (Lipinski definition) is 2. The molecule has 5 nitrogen and oxygen atoms in total. The van der Waals surface area contributed by atoms with Crippen molar-refractivity contribution in [2.45, 2.75) is 0 Å². The number of nitrogens with one attached hydrogen (secondary N) is 2. The minimum atomic E-state index is -1.79. The molecule has 14 heavy (non-hydrogen) atoms. The van der Waals surface area contributed by atoms with Gasteiger partial charge < -0.3 is 0 Å². The first-order chi connectivity index (χ1) is 6.83. The third kappa shape index (κ3) is 1.74. The number of rotatable bonds is 2. The zero-order valence-corrected chi connectivity index (χ0v) is 13.4. The fourth-order valence-corrected chi connectivity index (χ4v) is 5.27. The van der Waals surface area contributed by atoms with Crippen LogP contribution in [0.5, 0.6) is 0 Å². The molecule has 68 valence electrons. The van der Waals surface area contributed by atoms with Crippen molar-refractivity contribution in [2.24, 2.45) is 0 Å². The zero-order chi connectivity index (χ0) is 9.97. The normalized spacial score (nSPS) is 9.79. The van der Waals surface area contributed by atoms with E-state index in [1.165, 1.54) is 0 Å². The average Bonchev–Trinajstić information content (AvgIpc) is 2.61. The van der Waals surface area contributed by atoms with Crippen molar-refractivity contribution < 1.29 is 37.5 Å². The molecule has 0 aliphatic heterocycles. The van der Waals surface area contributed by atoms with Crippen LogP contribution in [0.15, 0.2) is 33.8 Å². The Morgan fingerprint density at radius 2 is 2.50 bits per heavy atom. The molecule has 0 fully saturated rings. The van der Waals surface area contributed by atoms with Crippen LogP contribution in [0.1, 0.15) is 0 Å². The van der Waals surface area contributed by atoms with Crippen molar-refractivity contribution in [3.8, 4) is 5.69 Å². The zero-order valence-electron chi connectivity index (χ0n) is 7.16. The molecular formula is C7H6ClHgN3O2+2. The molecule has 0 atom stereocenters. The van der Waals surface area contributed by atoms with Crippen LogP contribution < -0.4 is 18.5 Å². The van der Waals surface area contributed by atoms with Gasteiger partial charge in [-0.25, -0.2) is 0 Å². The molecule has 0 unspecified atom stereocenters. The predicted octanol–water partition coefficient (Wildman–Crippen LogP) is -1.08. The summed E-state index contributed by atoms with van der Waals surface area (Å²) in [7, 11) is 5.84. The molecule has 2 rings (SSSR count). The van der Waals surface area contributed by atoms with Gasteiger partial charge in [0.05, 0.1) is 0 Å². The number of H-pyrrole nitrogens is 2. The SMILES string of the molecule is O=c1o[nH][n+](-c2ccc[nH+]c2)[c]1[Hg][Cl]. The van der Waals surface area contributed by atoms with Crippen LogP contribution in [-0.4, -0.2) is 5.27 Å². The Bertz CT molecular complexity index is 481. The summed E-state index contributed by atoms with van der Waals surface area (Å²) in [6.07, 6.45) is 3.54. The van der Waals surface area contributed by atoms with Crippen LogP contribution in [0.4, 0.5) is 0 Å². The summed E-state index contributed by atoms with van der Waals surface area (Å²) < 4.78 is 6.86. The standard InChI is InChI=1S/C7H5N3O2.ClH.Hg/c11-7-5-10(9-12-7)6-2-1-3-8-4-6;;/h1-4,9H;1H;/q+1;;+1. The molecule has 2 heterocycles. The van der Waals surface area contributed by atoms with Crippen molar-refractivity contribution in [1.29, 1.82) is 0 Å². The molecule has 2 N–H and O–H groups in total. The first kappa shape index (κ1) is 9.85. The maximum absolute atomic E-state index is 11.2. The van der Waals surface area contributed by atoms with Gasteiger partial charge >= 0.3 is 94.9 Å². The summed E-state index contributed by atoms with van der Waals surface area (Å²) in [5, 5.41) is 2.52. The predicted molar refractivity (Wildman–Crippen MR) is 42.9 cm³/mol. The van der Waals surface area contributed by atoms with E-state index in [0.29, 0.717) is 3.20 Å². The van der Waals surface area contributed by atoms with Crippen molar-refractivity contribution in [2.75, 3.05) is 0 Å². The number of halogens is 1. The molecule has 0 amide bonds. The molecule has 0 bridgehead atoms. The van der Waals surface area contributed by atoms with Gasteiger partial charge in [0, 0.05) is 0 Å². The van der Waals surface area contributed by atoms with Gasteiger partial charge in [-0.15, -0.1) is 0 Å². The Morgan fingerprint density at radius 1 is 1.64 bits per heavy atom. The Balaban J connectivity index is 2.57. The van der Waals surface area contributed by atoms with Gasteiger partial charge in [0.2, 0.25) is 0 Å². The third-order valence-electron chi connectivity index (χ3n) is 1.81. The Morgan fingerprint density at radius 3 is 3.14 bits per heavy atom. The molecule has 0 aliphatic carbocycles. The molecular weight excluding hydrogens is 394 g/mol. The third-order valence-corrected chi connectivity index (χ3v) is 7.37. The van der Waals surface area contributed by atoms with E-state index in [1.54, 1.807) is 17.1 Å². The summed E-state index contributed by atoms with van der Waals surface area (Å²) >= 11 is -1.79. The molecule has 0 aliphatic rings. The monoisotopic (exact) mass is 401 g/mol. The van der Waals surface area contributed by atoms with Gasteiger partial charge in [0.1, 0.15) is 0 Å². The second kappa shape index (κ2) is 4.23. The van der Waals surface area contributed by atoms with Crippen LogP contribution >= 0.6 is 8.25 Å². The fraction of sp³-hybridized carbons (Fsp3) is 0. The minimum absolute atomic E-state index is 0.356. The van der Waals surface area contributed by atoms with E-state index in [9.17, 15) is 4.79 Å². The topological polar surface area (TPSA) is 64.0 Å². The van der Waals surface area contributed by atoms with Crippen LogP contribution in [0.2, 0.25) is 0 Å². The molecule has 2 aromatic heterocycles. The van der Waals surface area contributed by atoms with E-state index in [4.69, 9.17) is 8.25 Å². The van der Waals surface area contributed by atoms with Crippen LogP contribution in [-0.2, 0) is 23.3 Å². The summed E-state index contributed by atoms with van der Waals surface area (Å²) in [5.41, 5.74) is 0.458. The number of hydrogen-bond donors (Lipinski definition) is 1. The van der Waals surface area contributed by atoms with Crippen LogP contribution in [0.3, 0.4) is 0 Å². The van der Waals surface area contributed by atoms with E-state index in [2.05, 4.69) is 14.8 Å². The van der Waals surface area contributed by atoms with Crippen molar-refractivity contribution in [3.05, 3.63) is 34.9 Å². The van der Waals surface area contributed by atoms with Gasteiger partial charge in [-0.2, -0.15) is 0 Å². The maximum atomic E-state index is 11.2. The van der Waals surface area contributed by atoms with E-state index in [1.807, 2.05) is 12.1 Å². The van der Waals surface area contributed by atoms with Gasteiger partial charge in [-0.1, -0.05) is 0 Å². The van der Waals surface area contributed by atoms with E-state index in [-0.39, 0.29) is 5.63 Å². The molecule has 0 radical (unpaired) electrons. The molecule has 0 spiro atoms. The van der Waals surface area contributed by atoms with Gasteiger partial charge in [-0.05, 0) is 0 Å². The second-order valence-electron chi connectivity index (χ2n) is 2.66. The molecule has 2 aromatic rings. The Hall–Kier alpha value is -0.685.